The maximum Gasteiger partial charge on any atom is 0.416 e. The quantitative estimate of drug-likeness (QED) is 0.604. The molecule has 1 aliphatic rings. The van der Waals surface area contributed by atoms with Crippen molar-refractivity contribution >= 4 is 5.82 Å². The third-order valence-corrected chi connectivity index (χ3v) is 5.46. The Morgan fingerprint density at radius 3 is 2.40 bits per heavy atom. The Morgan fingerprint density at radius 1 is 1.00 bits per heavy atom. The number of nitrogens with zero attached hydrogens (tertiary/aromatic N) is 2. The van der Waals surface area contributed by atoms with E-state index in [1.807, 2.05) is 24.3 Å². The number of halogens is 3. The molecule has 0 fully saturated rings. The molecule has 0 atom stereocenters. The lowest BCUT2D eigenvalue weighted by Gasteiger charge is -2.11. The summed E-state index contributed by atoms with van der Waals surface area (Å²) in [5.41, 5.74) is 3.33. The lowest BCUT2D eigenvalue weighted by molar-refractivity contribution is -0.137. The molecule has 30 heavy (non-hydrogen) atoms. The number of hydrogen-bond acceptors (Lipinski definition) is 3. The van der Waals surface area contributed by atoms with Gasteiger partial charge in [0.15, 0.2) is 0 Å². The molecular weight excluding hydrogens is 391 g/mol. The molecule has 0 radical (unpaired) electrons. The molecule has 0 saturated carbocycles. The first kappa shape index (κ1) is 20.3. The van der Waals surface area contributed by atoms with Crippen LogP contribution in [0.4, 0.5) is 19.0 Å². The van der Waals surface area contributed by atoms with Crippen molar-refractivity contribution < 1.29 is 17.9 Å². The molecule has 2 heterocycles. The average molecular weight is 415 g/mol. The minimum absolute atomic E-state index is 0.629. The first-order chi connectivity index (χ1) is 14.5. The van der Waals surface area contributed by atoms with E-state index in [4.69, 9.17) is 9.84 Å². The number of anilines is 1. The van der Waals surface area contributed by atoms with E-state index in [0.717, 1.165) is 68.0 Å². The van der Waals surface area contributed by atoms with Crippen LogP contribution in [0, 0.1) is 0 Å². The summed E-state index contributed by atoms with van der Waals surface area (Å²) in [5.74, 6) is 1.72. The lowest BCUT2D eigenvalue weighted by atomic mass is 10.0. The summed E-state index contributed by atoms with van der Waals surface area (Å²) < 4.78 is 45.7. The summed E-state index contributed by atoms with van der Waals surface area (Å²) in [5, 5.41) is 8.23. The van der Waals surface area contributed by atoms with Gasteiger partial charge in [-0.05, 0) is 74.1 Å². The van der Waals surface area contributed by atoms with E-state index in [9.17, 15) is 13.2 Å². The monoisotopic (exact) mass is 415 g/mol. The summed E-state index contributed by atoms with van der Waals surface area (Å²) in [7, 11) is 1.64. The fraction of sp³-hybridized carbons (Fsp3) is 0.348. The number of aryl methyl sites for hydroxylation is 2. The third kappa shape index (κ3) is 4.30. The van der Waals surface area contributed by atoms with E-state index >= 15 is 0 Å². The molecule has 0 amide bonds. The first-order valence-corrected chi connectivity index (χ1v) is 10.1. The van der Waals surface area contributed by atoms with Gasteiger partial charge in [-0.15, -0.1) is 0 Å². The molecule has 0 spiro atoms. The van der Waals surface area contributed by atoms with Gasteiger partial charge in [-0.2, -0.15) is 18.3 Å². The molecule has 3 aromatic rings. The SMILES string of the molecule is COc1ccc(CCc2nn(-c3ccc(C(F)(F)F)cc3)c3c2CCCCN3)cc1. The second-order valence-corrected chi connectivity index (χ2v) is 7.46. The molecule has 0 unspecified atom stereocenters. The van der Waals surface area contributed by atoms with Gasteiger partial charge >= 0.3 is 6.18 Å². The Hall–Kier alpha value is -2.96. The largest absolute Gasteiger partial charge is 0.497 e. The van der Waals surface area contributed by atoms with Crippen molar-refractivity contribution in [2.24, 2.45) is 0 Å². The number of fused-ring (bicyclic) bond motifs is 1. The van der Waals surface area contributed by atoms with Gasteiger partial charge in [0, 0.05) is 12.1 Å². The average Bonchev–Trinajstić information content (AvgIpc) is 2.92. The molecule has 4 nitrogen and oxygen atoms in total. The molecule has 1 aliphatic heterocycles. The van der Waals surface area contributed by atoms with Crippen LogP contribution in [0.15, 0.2) is 48.5 Å². The van der Waals surface area contributed by atoms with E-state index in [1.54, 1.807) is 11.8 Å². The topological polar surface area (TPSA) is 39.1 Å². The standard InChI is InChI=1S/C23H24F3N3O/c1-30-19-12-5-16(6-13-19)7-14-21-20-4-2-3-15-27-22(20)29(28-21)18-10-8-17(9-11-18)23(24,25)26/h5-6,8-13,27H,2-4,7,14-15H2,1H3. The fourth-order valence-corrected chi connectivity index (χ4v) is 3.81. The highest BCUT2D eigenvalue weighted by Crippen LogP contribution is 2.32. The Labute approximate surface area is 173 Å². The molecule has 0 bridgehead atoms. The summed E-state index contributed by atoms with van der Waals surface area (Å²) in [4.78, 5) is 0. The highest BCUT2D eigenvalue weighted by atomic mass is 19.4. The van der Waals surface area contributed by atoms with Crippen molar-refractivity contribution in [3.63, 3.8) is 0 Å². The molecule has 158 valence electrons. The molecule has 0 saturated heterocycles. The van der Waals surface area contributed by atoms with Crippen LogP contribution in [0.5, 0.6) is 5.75 Å². The first-order valence-electron chi connectivity index (χ1n) is 10.1. The number of benzene rings is 2. The van der Waals surface area contributed by atoms with Crippen molar-refractivity contribution in [1.29, 1.82) is 0 Å². The molecule has 1 N–H and O–H groups in total. The second kappa shape index (κ2) is 8.42. The van der Waals surface area contributed by atoms with Gasteiger partial charge in [-0.3, -0.25) is 0 Å². The lowest BCUT2D eigenvalue weighted by Crippen LogP contribution is -2.08. The number of alkyl halides is 3. The molecule has 7 heteroatoms. The number of hydrogen-bond donors (Lipinski definition) is 1. The zero-order valence-electron chi connectivity index (χ0n) is 16.8. The smallest absolute Gasteiger partial charge is 0.416 e. The van der Waals surface area contributed by atoms with Gasteiger partial charge in [0.25, 0.3) is 0 Å². The van der Waals surface area contributed by atoms with E-state index in [2.05, 4.69) is 5.32 Å². The summed E-state index contributed by atoms with van der Waals surface area (Å²) in [6, 6.07) is 13.2. The minimum atomic E-state index is -4.35. The summed E-state index contributed by atoms with van der Waals surface area (Å²) in [6.45, 7) is 0.831. The van der Waals surface area contributed by atoms with Crippen molar-refractivity contribution in [2.45, 2.75) is 38.3 Å². The number of methoxy groups -OCH3 is 1. The van der Waals surface area contributed by atoms with E-state index in [0.29, 0.717) is 5.69 Å². The van der Waals surface area contributed by atoms with Gasteiger partial charge in [0.2, 0.25) is 0 Å². The highest BCUT2D eigenvalue weighted by molar-refractivity contribution is 5.54. The van der Waals surface area contributed by atoms with Crippen LogP contribution < -0.4 is 10.1 Å². The molecule has 2 aromatic carbocycles. The van der Waals surface area contributed by atoms with Crippen molar-refractivity contribution in [1.82, 2.24) is 9.78 Å². The summed E-state index contributed by atoms with van der Waals surface area (Å²) in [6.07, 6.45) is 0.292. The van der Waals surface area contributed by atoms with Crippen LogP contribution >= 0.6 is 0 Å². The van der Waals surface area contributed by atoms with Crippen molar-refractivity contribution in [2.75, 3.05) is 19.0 Å². The van der Waals surface area contributed by atoms with Crippen LogP contribution in [-0.2, 0) is 25.4 Å². The van der Waals surface area contributed by atoms with Crippen LogP contribution in [0.3, 0.4) is 0 Å². The Kier molecular flexibility index (Phi) is 5.70. The Balaban J connectivity index is 1.62. The predicted molar refractivity (Wildman–Crippen MR) is 110 cm³/mol. The van der Waals surface area contributed by atoms with E-state index in [1.165, 1.54) is 23.3 Å². The normalized spacial score (nSPS) is 14.0. The maximum absolute atomic E-state index is 12.9. The van der Waals surface area contributed by atoms with Crippen molar-refractivity contribution in [3.05, 3.63) is 70.9 Å². The molecule has 4 rings (SSSR count). The molecule has 1 aromatic heterocycles. The zero-order chi connectivity index (χ0) is 21.1. The van der Waals surface area contributed by atoms with E-state index < -0.39 is 11.7 Å². The number of nitrogens with one attached hydrogen (secondary N) is 1. The predicted octanol–water partition coefficient (Wildman–Crippen LogP) is 5.43. The van der Waals surface area contributed by atoms with Gasteiger partial charge < -0.3 is 10.1 Å². The van der Waals surface area contributed by atoms with Gasteiger partial charge in [0.1, 0.15) is 11.6 Å². The maximum atomic E-state index is 12.9. The Morgan fingerprint density at radius 2 is 1.73 bits per heavy atom. The van der Waals surface area contributed by atoms with Crippen LogP contribution in [0.2, 0.25) is 0 Å². The fourth-order valence-electron chi connectivity index (χ4n) is 3.81. The molecular formula is C23H24F3N3O. The number of aromatic nitrogens is 2. The number of ether oxygens (including phenoxy) is 1. The van der Waals surface area contributed by atoms with E-state index in [-0.39, 0.29) is 0 Å². The summed E-state index contributed by atoms with van der Waals surface area (Å²) >= 11 is 0. The van der Waals surface area contributed by atoms with Gasteiger partial charge in [0.05, 0.1) is 24.1 Å². The highest BCUT2D eigenvalue weighted by Gasteiger charge is 2.30. The minimum Gasteiger partial charge on any atom is -0.497 e. The molecule has 0 aliphatic carbocycles. The zero-order valence-corrected chi connectivity index (χ0v) is 16.8. The van der Waals surface area contributed by atoms with Crippen LogP contribution in [0.1, 0.15) is 35.2 Å². The third-order valence-electron chi connectivity index (χ3n) is 5.46. The van der Waals surface area contributed by atoms with Gasteiger partial charge in [-0.25, -0.2) is 4.68 Å². The van der Waals surface area contributed by atoms with Gasteiger partial charge in [-0.1, -0.05) is 12.1 Å². The Bertz CT molecular complexity index is 992. The second-order valence-electron chi connectivity index (χ2n) is 7.46. The van der Waals surface area contributed by atoms with Crippen LogP contribution in [-0.4, -0.2) is 23.4 Å². The van der Waals surface area contributed by atoms with Crippen molar-refractivity contribution in [3.8, 4) is 11.4 Å². The number of rotatable bonds is 5. The van der Waals surface area contributed by atoms with Crippen LogP contribution in [0.25, 0.3) is 5.69 Å².